The second-order valence-electron chi connectivity index (χ2n) is 3.99. The number of pyridine rings is 1. The van der Waals surface area contributed by atoms with E-state index in [0.29, 0.717) is 13.2 Å². The van der Waals surface area contributed by atoms with Crippen LogP contribution < -0.4 is 16.2 Å². The van der Waals surface area contributed by atoms with Crippen LogP contribution >= 0.6 is 24.0 Å². The number of hydrogen-bond acceptors (Lipinski definition) is 3. The maximum Gasteiger partial charge on any atom is 0.186 e. The molecule has 0 saturated carbocycles. The molecule has 20 heavy (non-hydrogen) atoms. The molecule has 0 fully saturated rings. The first-order chi connectivity index (χ1) is 9.24. The molecule has 0 spiro atoms. The lowest BCUT2D eigenvalue weighted by atomic mass is 10.2. The van der Waals surface area contributed by atoms with E-state index in [1.165, 1.54) is 0 Å². The molecule has 0 bridgehead atoms. The molecule has 0 amide bonds. The maximum atomic E-state index is 5.62. The number of nitrogens with two attached hydrogens (primary N) is 2. The fourth-order valence-corrected chi connectivity index (χ4v) is 1.51. The highest BCUT2D eigenvalue weighted by molar-refractivity contribution is 14.0. The van der Waals surface area contributed by atoms with Crippen molar-refractivity contribution >= 4 is 29.9 Å². The van der Waals surface area contributed by atoms with E-state index in [9.17, 15) is 0 Å². The van der Waals surface area contributed by atoms with Crippen molar-refractivity contribution in [3.63, 3.8) is 0 Å². The number of nitrogens with zero attached hydrogens (tertiary/aromatic N) is 2. The van der Waals surface area contributed by atoms with E-state index in [1.54, 1.807) is 6.20 Å². The Bertz CT molecular complexity index is 539. The molecule has 0 aliphatic heterocycles. The summed E-state index contributed by atoms with van der Waals surface area (Å²) < 4.78 is 5.62. The van der Waals surface area contributed by atoms with Gasteiger partial charge in [0.15, 0.2) is 5.96 Å². The zero-order valence-electron chi connectivity index (χ0n) is 10.9. The van der Waals surface area contributed by atoms with Gasteiger partial charge in [0.25, 0.3) is 0 Å². The Balaban J connectivity index is 0.00000200. The standard InChI is InChI=1S/C14H16N4O.HI/c15-14(16)18-9-11-4-6-13(7-5-11)19-10-12-3-1-2-8-17-12;/h1-8H,9-10H2,(H4,15,16,18);1H. The summed E-state index contributed by atoms with van der Waals surface area (Å²) in [6, 6.07) is 13.4. The van der Waals surface area contributed by atoms with E-state index in [0.717, 1.165) is 17.0 Å². The van der Waals surface area contributed by atoms with Crippen molar-refractivity contribution in [2.24, 2.45) is 16.5 Å². The van der Waals surface area contributed by atoms with Gasteiger partial charge in [-0.05, 0) is 29.8 Å². The highest BCUT2D eigenvalue weighted by atomic mass is 127. The van der Waals surface area contributed by atoms with Crippen LogP contribution in [-0.2, 0) is 13.2 Å². The van der Waals surface area contributed by atoms with Crippen molar-refractivity contribution in [2.75, 3.05) is 0 Å². The average molecular weight is 384 g/mol. The largest absolute Gasteiger partial charge is 0.487 e. The van der Waals surface area contributed by atoms with E-state index in [4.69, 9.17) is 16.2 Å². The van der Waals surface area contributed by atoms with Crippen molar-refractivity contribution in [1.29, 1.82) is 0 Å². The van der Waals surface area contributed by atoms with Gasteiger partial charge in [0, 0.05) is 6.20 Å². The Morgan fingerprint density at radius 1 is 1.10 bits per heavy atom. The molecule has 1 aromatic heterocycles. The summed E-state index contributed by atoms with van der Waals surface area (Å²) in [6.45, 7) is 0.928. The first-order valence-corrected chi connectivity index (χ1v) is 5.91. The molecule has 4 N–H and O–H groups in total. The first kappa shape index (κ1) is 16.2. The number of rotatable bonds is 5. The summed E-state index contributed by atoms with van der Waals surface area (Å²) in [5, 5.41) is 0. The highest BCUT2D eigenvalue weighted by Gasteiger charge is 1.97. The lowest BCUT2D eigenvalue weighted by molar-refractivity contribution is 0.301. The van der Waals surface area contributed by atoms with Gasteiger partial charge in [-0.1, -0.05) is 18.2 Å². The third kappa shape index (κ3) is 5.43. The number of guanidine groups is 1. The topological polar surface area (TPSA) is 86.5 Å². The van der Waals surface area contributed by atoms with Crippen LogP contribution in [0.4, 0.5) is 0 Å². The zero-order chi connectivity index (χ0) is 13.5. The van der Waals surface area contributed by atoms with E-state index in [-0.39, 0.29) is 29.9 Å². The van der Waals surface area contributed by atoms with Crippen LogP contribution in [0.1, 0.15) is 11.3 Å². The molecular formula is C14H17IN4O. The summed E-state index contributed by atoms with van der Waals surface area (Å²) in [7, 11) is 0. The first-order valence-electron chi connectivity index (χ1n) is 5.91. The van der Waals surface area contributed by atoms with Crippen molar-refractivity contribution in [3.8, 4) is 5.75 Å². The third-order valence-corrected chi connectivity index (χ3v) is 2.48. The van der Waals surface area contributed by atoms with E-state index < -0.39 is 0 Å². The fraction of sp³-hybridized carbons (Fsp3) is 0.143. The minimum absolute atomic E-state index is 0. The Hall–Kier alpha value is -1.83. The number of hydrogen-bond donors (Lipinski definition) is 2. The third-order valence-electron chi connectivity index (χ3n) is 2.48. The van der Waals surface area contributed by atoms with Crippen LogP contribution in [0.5, 0.6) is 5.75 Å². The van der Waals surface area contributed by atoms with Gasteiger partial charge in [-0.15, -0.1) is 24.0 Å². The van der Waals surface area contributed by atoms with Gasteiger partial charge in [-0.2, -0.15) is 0 Å². The summed E-state index contributed by atoms with van der Waals surface area (Å²) in [5.41, 5.74) is 12.5. The van der Waals surface area contributed by atoms with Gasteiger partial charge in [-0.25, -0.2) is 4.99 Å². The summed E-state index contributed by atoms with van der Waals surface area (Å²) in [6.07, 6.45) is 1.75. The second kappa shape index (κ2) is 8.36. The predicted octanol–water partition coefficient (Wildman–Crippen LogP) is 2.05. The van der Waals surface area contributed by atoms with Crippen molar-refractivity contribution < 1.29 is 4.74 Å². The van der Waals surface area contributed by atoms with Crippen molar-refractivity contribution in [2.45, 2.75) is 13.2 Å². The lowest BCUT2D eigenvalue weighted by Crippen LogP contribution is -2.22. The number of benzene rings is 1. The molecule has 0 aliphatic rings. The smallest absolute Gasteiger partial charge is 0.186 e. The molecule has 0 radical (unpaired) electrons. The molecule has 106 valence electrons. The molecule has 0 atom stereocenters. The minimum atomic E-state index is 0. The Morgan fingerprint density at radius 3 is 2.45 bits per heavy atom. The molecule has 1 aromatic carbocycles. The fourth-order valence-electron chi connectivity index (χ4n) is 1.51. The second-order valence-corrected chi connectivity index (χ2v) is 3.99. The molecule has 2 rings (SSSR count). The highest BCUT2D eigenvalue weighted by Crippen LogP contribution is 2.14. The molecule has 0 saturated heterocycles. The van der Waals surface area contributed by atoms with Gasteiger partial charge in [0.2, 0.25) is 0 Å². The van der Waals surface area contributed by atoms with E-state index in [1.807, 2.05) is 42.5 Å². The Labute approximate surface area is 135 Å². The SMILES string of the molecule is I.NC(N)=NCc1ccc(OCc2ccccn2)cc1. The minimum Gasteiger partial charge on any atom is -0.487 e. The van der Waals surface area contributed by atoms with Gasteiger partial charge < -0.3 is 16.2 Å². The van der Waals surface area contributed by atoms with Gasteiger partial charge in [0.05, 0.1) is 12.2 Å². The number of halogens is 1. The van der Waals surface area contributed by atoms with Crippen LogP contribution in [-0.4, -0.2) is 10.9 Å². The van der Waals surface area contributed by atoms with Gasteiger partial charge >= 0.3 is 0 Å². The quantitative estimate of drug-likeness (QED) is 0.469. The molecule has 0 unspecified atom stereocenters. The lowest BCUT2D eigenvalue weighted by Gasteiger charge is -2.06. The number of ether oxygens (including phenoxy) is 1. The molecule has 2 aromatic rings. The van der Waals surface area contributed by atoms with E-state index >= 15 is 0 Å². The molecule has 0 aliphatic carbocycles. The Morgan fingerprint density at radius 2 is 1.85 bits per heavy atom. The summed E-state index contributed by atoms with van der Waals surface area (Å²) >= 11 is 0. The molecular weight excluding hydrogens is 367 g/mol. The van der Waals surface area contributed by atoms with Crippen LogP contribution in [0.2, 0.25) is 0 Å². The molecule has 6 heteroatoms. The van der Waals surface area contributed by atoms with Gasteiger partial charge in [0.1, 0.15) is 12.4 Å². The van der Waals surface area contributed by atoms with E-state index in [2.05, 4.69) is 9.98 Å². The number of aromatic nitrogens is 1. The van der Waals surface area contributed by atoms with Crippen LogP contribution in [0.25, 0.3) is 0 Å². The molecule has 5 nitrogen and oxygen atoms in total. The van der Waals surface area contributed by atoms with Crippen molar-refractivity contribution in [1.82, 2.24) is 4.98 Å². The predicted molar refractivity (Wildman–Crippen MR) is 89.9 cm³/mol. The zero-order valence-corrected chi connectivity index (χ0v) is 13.2. The van der Waals surface area contributed by atoms with Crippen LogP contribution in [0.3, 0.4) is 0 Å². The van der Waals surface area contributed by atoms with Crippen molar-refractivity contribution in [3.05, 3.63) is 59.9 Å². The van der Waals surface area contributed by atoms with Crippen LogP contribution in [0.15, 0.2) is 53.7 Å². The monoisotopic (exact) mass is 384 g/mol. The summed E-state index contributed by atoms with van der Waals surface area (Å²) in [4.78, 5) is 8.13. The van der Waals surface area contributed by atoms with Crippen LogP contribution in [0, 0.1) is 0 Å². The average Bonchev–Trinajstić information content (AvgIpc) is 2.45. The maximum absolute atomic E-state index is 5.62. The Kier molecular flexibility index (Phi) is 6.78. The number of aliphatic imine (C=N–C) groups is 1. The molecule has 1 heterocycles. The summed E-state index contributed by atoms with van der Waals surface area (Å²) in [5.74, 6) is 0.884. The normalized spacial score (nSPS) is 9.40. The van der Waals surface area contributed by atoms with Gasteiger partial charge in [-0.3, -0.25) is 4.98 Å².